The van der Waals surface area contributed by atoms with E-state index in [1.54, 1.807) is 25.3 Å². The fourth-order valence-electron chi connectivity index (χ4n) is 4.12. The zero-order valence-electron chi connectivity index (χ0n) is 15.3. The lowest BCUT2D eigenvalue weighted by Gasteiger charge is -2.39. The van der Waals surface area contributed by atoms with Crippen molar-refractivity contribution in [2.75, 3.05) is 33.7 Å². The van der Waals surface area contributed by atoms with Gasteiger partial charge in [-0.05, 0) is 24.0 Å². The highest BCUT2D eigenvalue weighted by atomic mass is 16.2. The number of hydrogen-bond acceptors (Lipinski definition) is 5. The van der Waals surface area contributed by atoms with Gasteiger partial charge in [-0.3, -0.25) is 14.6 Å². The molecule has 4 rings (SSSR count). The van der Waals surface area contributed by atoms with E-state index in [0.29, 0.717) is 0 Å². The van der Waals surface area contributed by atoms with Crippen LogP contribution in [0.1, 0.15) is 17.5 Å². The molecule has 0 saturated carbocycles. The van der Waals surface area contributed by atoms with Gasteiger partial charge in [0.2, 0.25) is 0 Å². The topological polar surface area (TPSA) is 59.5 Å². The second-order valence-electron chi connectivity index (χ2n) is 7.30. The summed E-state index contributed by atoms with van der Waals surface area (Å²) in [5.41, 5.74) is 2.88. The summed E-state index contributed by atoms with van der Waals surface area (Å²) in [4.78, 5) is 36.2. The van der Waals surface area contributed by atoms with Crippen LogP contribution in [0.15, 0.2) is 29.3 Å². The summed E-state index contributed by atoms with van der Waals surface area (Å²) in [6.45, 7) is 3.84. The summed E-state index contributed by atoms with van der Waals surface area (Å²) in [7, 11) is 3.24. The number of nitrogens with zero attached hydrogens (tertiary/aromatic N) is 5. The van der Waals surface area contributed by atoms with E-state index >= 15 is 0 Å². The van der Waals surface area contributed by atoms with Crippen LogP contribution in [-0.2, 0) is 17.8 Å². The predicted octanol–water partition coefficient (Wildman–Crippen LogP) is 0.997. The summed E-state index contributed by atoms with van der Waals surface area (Å²) < 4.78 is 0. The highest BCUT2D eigenvalue weighted by Crippen LogP contribution is 2.25. The lowest BCUT2D eigenvalue weighted by Crippen LogP contribution is -2.63. The van der Waals surface area contributed by atoms with Crippen molar-refractivity contribution in [3.8, 4) is 0 Å². The second kappa shape index (κ2) is 6.72. The molecule has 1 aromatic carbocycles. The monoisotopic (exact) mass is 355 g/mol. The predicted molar refractivity (Wildman–Crippen MR) is 98.7 cm³/mol. The van der Waals surface area contributed by atoms with E-state index in [-0.39, 0.29) is 18.0 Å². The highest BCUT2D eigenvalue weighted by Gasteiger charge is 2.48. The number of hydrogen-bond donors (Lipinski definition) is 0. The fourth-order valence-corrected chi connectivity index (χ4v) is 4.12. The number of likely N-dealkylation sites (N-methyl/N-ethyl adjacent to an activating group) is 2. The van der Waals surface area contributed by atoms with E-state index < -0.39 is 6.17 Å². The molecule has 0 spiro atoms. The third-order valence-corrected chi connectivity index (χ3v) is 5.68. The molecule has 3 heterocycles. The molecule has 1 fully saturated rings. The molecule has 1 saturated heterocycles. The van der Waals surface area contributed by atoms with Crippen molar-refractivity contribution in [1.82, 2.24) is 19.6 Å². The molecule has 2 unspecified atom stereocenters. The Kier molecular flexibility index (Phi) is 4.40. The van der Waals surface area contributed by atoms with Gasteiger partial charge in [0, 0.05) is 40.3 Å². The van der Waals surface area contributed by atoms with Crippen molar-refractivity contribution in [2.24, 2.45) is 4.99 Å². The number of benzene rings is 1. The highest BCUT2D eigenvalue weighted by molar-refractivity contribution is 6.01. The van der Waals surface area contributed by atoms with Crippen molar-refractivity contribution in [3.63, 3.8) is 0 Å². The number of amides is 3. The molecule has 0 radical (unpaired) electrons. The lowest BCUT2D eigenvalue weighted by atomic mass is 10.00. The molecule has 0 bridgehead atoms. The van der Waals surface area contributed by atoms with E-state index in [1.165, 1.54) is 16.0 Å². The molecule has 138 valence electrons. The molecule has 3 amide bonds. The Hall–Kier alpha value is -2.41. The number of imide groups is 1. The molecule has 26 heavy (non-hydrogen) atoms. The van der Waals surface area contributed by atoms with Crippen LogP contribution in [0.25, 0.3) is 0 Å². The third kappa shape index (κ3) is 2.86. The lowest BCUT2D eigenvalue weighted by molar-refractivity contribution is -0.136. The Bertz CT molecular complexity index is 749. The van der Waals surface area contributed by atoms with E-state index in [4.69, 9.17) is 0 Å². The molecule has 7 nitrogen and oxygen atoms in total. The smallest absolute Gasteiger partial charge is 0.328 e. The number of urea groups is 1. The Morgan fingerprint density at radius 3 is 2.69 bits per heavy atom. The van der Waals surface area contributed by atoms with Crippen LogP contribution in [0.3, 0.4) is 0 Å². The Morgan fingerprint density at radius 1 is 1.12 bits per heavy atom. The molecule has 3 aliphatic rings. The van der Waals surface area contributed by atoms with Gasteiger partial charge in [-0.15, -0.1) is 0 Å². The van der Waals surface area contributed by atoms with Crippen LogP contribution in [0.2, 0.25) is 0 Å². The molecule has 0 aliphatic carbocycles. The number of carbonyl (C=O) groups is 2. The van der Waals surface area contributed by atoms with E-state index in [1.807, 2.05) is 4.90 Å². The second-order valence-corrected chi connectivity index (χ2v) is 7.30. The maximum Gasteiger partial charge on any atom is 0.328 e. The minimum absolute atomic E-state index is 0.164. The van der Waals surface area contributed by atoms with Gasteiger partial charge in [-0.2, -0.15) is 0 Å². The van der Waals surface area contributed by atoms with Crippen molar-refractivity contribution >= 4 is 18.3 Å². The van der Waals surface area contributed by atoms with Crippen molar-refractivity contribution in [1.29, 1.82) is 0 Å². The maximum absolute atomic E-state index is 12.5. The van der Waals surface area contributed by atoms with Crippen molar-refractivity contribution in [2.45, 2.75) is 31.6 Å². The van der Waals surface area contributed by atoms with Gasteiger partial charge in [0.05, 0.1) is 6.34 Å². The summed E-state index contributed by atoms with van der Waals surface area (Å²) >= 11 is 0. The van der Waals surface area contributed by atoms with Crippen LogP contribution in [0.4, 0.5) is 4.79 Å². The van der Waals surface area contributed by atoms with Crippen LogP contribution in [0.5, 0.6) is 0 Å². The zero-order chi connectivity index (χ0) is 18.3. The van der Waals surface area contributed by atoms with Gasteiger partial charge in [0.1, 0.15) is 0 Å². The molecule has 0 N–H and O–H groups in total. The average Bonchev–Trinajstić information content (AvgIpc) is 3.08. The quantitative estimate of drug-likeness (QED) is 0.808. The molecular formula is C19H25N5O2. The Balaban J connectivity index is 1.33. The van der Waals surface area contributed by atoms with Gasteiger partial charge in [-0.1, -0.05) is 24.3 Å². The zero-order valence-corrected chi connectivity index (χ0v) is 15.3. The first-order valence-electron chi connectivity index (χ1n) is 9.19. The van der Waals surface area contributed by atoms with Crippen LogP contribution < -0.4 is 0 Å². The summed E-state index contributed by atoms with van der Waals surface area (Å²) in [5.74, 6) is -0.164. The van der Waals surface area contributed by atoms with Crippen molar-refractivity contribution in [3.05, 3.63) is 35.4 Å². The SMILES string of the molecule is CN1C(=O)C2C(N=CN2CCCN2CCc3ccccc3C2)N(C)C1=O. The van der Waals surface area contributed by atoms with Gasteiger partial charge >= 0.3 is 6.03 Å². The van der Waals surface area contributed by atoms with Crippen LogP contribution in [0, 0.1) is 0 Å². The first-order valence-corrected chi connectivity index (χ1v) is 9.19. The summed E-state index contributed by atoms with van der Waals surface area (Å²) in [5, 5.41) is 0. The minimum atomic E-state index is -0.395. The normalized spacial score (nSPS) is 25.7. The average molecular weight is 355 g/mol. The van der Waals surface area contributed by atoms with Crippen LogP contribution in [-0.4, -0.2) is 83.8 Å². The first-order chi connectivity index (χ1) is 12.6. The van der Waals surface area contributed by atoms with Gasteiger partial charge < -0.3 is 9.80 Å². The maximum atomic E-state index is 12.5. The largest absolute Gasteiger partial charge is 0.347 e. The Morgan fingerprint density at radius 2 is 1.88 bits per heavy atom. The summed E-state index contributed by atoms with van der Waals surface area (Å²) in [6, 6.07) is 7.97. The van der Waals surface area contributed by atoms with Crippen LogP contribution >= 0.6 is 0 Å². The first kappa shape index (κ1) is 17.0. The number of carbonyl (C=O) groups excluding carboxylic acids is 2. The Labute approximate surface area is 153 Å². The molecule has 2 atom stereocenters. The van der Waals surface area contributed by atoms with Gasteiger partial charge in [-0.25, -0.2) is 9.79 Å². The molecule has 3 aliphatic heterocycles. The minimum Gasteiger partial charge on any atom is -0.347 e. The molecular weight excluding hydrogens is 330 g/mol. The number of fused-ring (bicyclic) bond motifs is 2. The fraction of sp³-hybridized carbons (Fsp3) is 0.526. The molecule has 1 aromatic rings. The van der Waals surface area contributed by atoms with E-state index in [0.717, 1.165) is 39.0 Å². The molecule has 0 aromatic heterocycles. The van der Waals surface area contributed by atoms with E-state index in [9.17, 15) is 9.59 Å². The molecule has 7 heteroatoms. The number of rotatable bonds is 4. The van der Waals surface area contributed by atoms with Crippen molar-refractivity contribution < 1.29 is 9.59 Å². The standard InChI is InChI=1S/C19H25N5O2/c1-21-17-16(18(25)22(2)19(21)26)24(13-20-17)10-5-9-23-11-8-14-6-3-4-7-15(14)12-23/h3-4,6-7,13,16-17H,5,8-12H2,1-2H3. The number of aliphatic imine (C=N–C) groups is 1. The van der Waals surface area contributed by atoms with Gasteiger partial charge in [0.15, 0.2) is 12.2 Å². The third-order valence-electron chi connectivity index (χ3n) is 5.68. The van der Waals surface area contributed by atoms with E-state index in [2.05, 4.69) is 34.2 Å². The summed E-state index contributed by atoms with van der Waals surface area (Å²) in [6.07, 6.45) is 3.41. The van der Waals surface area contributed by atoms with Gasteiger partial charge in [0.25, 0.3) is 5.91 Å².